The summed E-state index contributed by atoms with van der Waals surface area (Å²) in [5, 5.41) is 2.97. The lowest BCUT2D eigenvalue weighted by molar-refractivity contribution is -0.0928. The van der Waals surface area contributed by atoms with Crippen molar-refractivity contribution in [2.75, 3.05) is 26.4 Å². The van der Waals surface area contributed by atoms with E-state index >= 15 is 0 Å². The molecule has 0 saturated carbocycles. The Labute approximate surface area is 139 Å². The molecular weight excluding hydrogens is 308 g/mol. The largest absolute Gasteiger partial charge is 0.376 e. The molecule has 4 rings (SSSR count). The van der Waals surface area contributed by atoms with E-state index in [1.807, 2.05) is 19.1 Å². The van der Waals surface area contributed by atoms with Crippen LogP contribution in [0, 0.1) is 6.92 Å². The van der Waals surface area contributed by atoms with Crippen LogP contribution in [-0.4, -0.2) is 53.3 Å². The van der Waals surface area contributed by atoms with Crippen LogP contribution < -0.4 is 5.32 Å². The second-order valence-corrected chi connectivity index (χ2v) is 6.21. The van der Waals surface area contributed by atoms with Crippen LogP contribution in [0.2, 0.25) is 0 Å². The average molecular weight is 328 g/mol. The van der Waals surface area contributed by atoms with E-state index in [2.05, 4.69) is 20.3 Å². The number of aromatic nitrogens is 3. The third-order valence-electron chi connectivity index (χ3n) is 4.49. The summed E-state index contributed by atoms with van der Waals surface area (Å²) in [6.45, 7) is 4.35. The molecule has 7 nitrogen and oxygen atoms in total. The van der Waals surface area contributed by atoms with Gasteiger partial charge in [0.2, 0.25) is 0 Å². The number of aryl methyl sites for hydroxylation is 1. The fourth-order valence-electron chi connectivity index (χ4n) is 3.33. The zero-order chi connectivity index (χ0) is 16.5. The fraction of sp³-hybridized carbons (Fsp3) is 0.471. The zero-order valence-electron chi connectivity index (χ0n) is 13.5. The number of H-pyrrole nitrogens is 1. The predicted octanol–water partition coefficient (Wildman–Crippen LogP) is 1.41. The van der Waals surface area contributed by atoms with E-state index in [1.165, 1.54) is 0 Å². The van der Waals surface area contributed by atoms with E-state index in [1.54, 1.807) is 6.20 Å². The van der Waals surface area contributed by atoms with Crippen molar-refractivity contribution in [2.24, 2.45) is 0 Å². The molecule has 2 aliphatic rings. The van der Waals surface area contributed by atoms with Gasteiger partial charge in [0.15, 0.2) is 0 Å². The van der Waals surface area contributed by atoms with Gasteiger partial charge in [0.1, 0.15) is 5.82 Å². The lowest BCUT2D eigenvalue weighted by Gasteiger charge is -2.29. The highest BCUT2D eigenvalue weighted by Gasteiger charge is 2.31. The smallest absolute Gasteiger partial charge is 0.253 e. The summed E-state index contributed by atoms with van der Waals surface area (Å²) in [5.74, 6) is 0.838. The minimum absolute atomic E-state index is 0.0460. The van der Waals surface area contributed by atoms with Crippen LogP contribution in [0.5, 0.6) is 0 Å². The van der Waals surface area contributed by atoms with Crippen molar-refractivity contribution in [3.8, 4) is 11.4 Å². The zero-order valence-corrected chi connectivity index (χ0v) is 13.5. The molecule has 1 fully saturated rings. The topological polar surface area (TPSA) is 89.1 Å². The van der Waals surface area contributed by atoms with Crippen LogP contribution in [0.15, 0.2) is 18.3 Å². The van der Waals surface area contributed by atoms with Crippen molar-refractivity contribution in [1.82, 2.24) is 20.3 Å². The van der Waals surface area contributed by atoms with Crippen LogP contribution in [0.1, 0.15) is 34.2 Å². The molecule has 0 spiro atoms. The maximum atomic E-state index is 12.2. The first kappa shape index (κ1) is 15.3. The second-order valence-electron chi connectivity index (χ2n) is 6.21. The highest BCUT2D eigenvalue weighted by Crippen LogP contribution is 2.31. The standard InChI is InChI=1S/C17H20N4O3/c1-10-18-3-2-14(20-10)15-7-13-16(21-15)11(8-19-17(13)22)6-12-9-23-4-5-24-12/h2-3,7,11-12,21H,4-6,8-9H2,1H3,(H,19,22)/t11?,12-/m1/s1. The molecule has 7 heteroatoms. The van der Waals surface area contributed by atoms with Crippen LogP contribution in [0.4, 0.5) is 0 Å². The van der Waals surface area contributed by atoms with E-state index in [0.717, 1.165) is 23.5 Å². The lowest BCUT2D eigenvalue weighted by atomic mass is 9.92. The van der Waals surface area contributed by atoms with Crippen molar-refractivity contribution < 1.29 is 14.3 Å². The first-order chi connectivity index (χ1) is 11.7. The van der Waals surface area contributed by atoms with E-state index in [-0.39, 0.29) is 17.9 Å². The molecule has 24 heavy (non-hydrogen) atoms. The number of ether oxygens (including phenoxy) is 2. The number of amides is 1. The molecule has 2 atom stereocenters. The van der Waals surface area contributed by atoms with Gasteiger partial charge in [-0.3, -0.25) is 4.79 Å². The van der Waals surface area contributed by atoms with Gasteiger partial charge < -0.3 is 19.8 Å². The minimum Gasteiger partial charge on any atom is -0.376 e. The van der Waals surface area contributed by atoms with Gasteiger partial charge in [0.05, 0.1) is 42.9 Å². The van der Waals surface area contributed by atoms with Crippen LogP contribution >= 0.6 is 0 Å². The first-order valence-electron chi connectivity index (χ1n) is 8.21. The summed E-state index contributed by atoms with van der Waals surface area (Å²) in [4.78, 5) is 24.2. The summed E-state index contributed by atoms with van der Waals surface area (Å²) < 4.78 is 11.2. The number of aromatic amines is 1. The van der Waals surface area contributed by atoms with Crippen molar-refractivity contribution in [1.29, 1.82) is 0 Å². The molecule has 4 heterocycles. The van der Waals surface area contributed by atoms with Gasteiger partial charge in [0.25, 0.3) is 5.91 Å². The number of fused-ring (bicyclic) bond motifs is 1. The van der Waals surface area contributed by atoms with Crippen molar-refractivity contribution in [3.63, 3.8) is 0 Å². The highest BCUT2D eigenvalue weighted by atomic mass is 16.6. The molecule has 2 N–H and O–H groups in total. The summed E-state index contributed by atoms with van der Waals surface area (Å²) in [7, 11) is 0. The third kappa shape index (κ3) is 2.92. The van der Waals surface area contributed by atoms with Crippen LogP contribution in [0.3, 0.4) is 0 Å². The second kappa shape index (κ2) is 6.33. The van der Waals surface area contributed by atoms with E-state index in [0.29, 0.717) is 37.8 Å². The Morgan fingerprint density at radius 1 is 1.38 bits per heavy atom. The molecule has 2 aromatic heterocycles. The van der Waals surface area contributed by atoms with Crippen LogP contribution in [0.25, 0.3) is 11.4 Å². The third-order valence-corrected chi connectivity index (χ3v) is 4.49. The Balaban J connectivity index is 1.63. The Hall–Kier alpha value is -2.25. The number of nitrogens with zero attached hydrogens (tertiary/aromatic N) is 2. The molecule has 2 aliphatic heterocycles. The van der Waals surface area contributed by atoms with Gasteiger partial charge in [0, 0.05) is 24.4 Å². The molecule has 0 bridgehead atoms. The summed E-state index contributed by atoms with van der Waals surface area (Å²) >= 11 is 0. The van der Waals surface area contributed by atoms with Crippen molar-refractivity contribution >= 4 is 5.91 Å². The van der Waals surface area contributed by atoms with Crippen molar-refractivity contribution in [3.05, 3.63) is 35.4 Å². The van der Waals surface area contributed by atoms with Gasteiger partial charge in [-0.1, -0.05) is 0 Å². The molecule has 0 radical (unpaired) electrons. The number of hydrogen-bond acceptors (Lipinski definition) is 5. The Morgan fingerprint density at radius 2 is 2.29 bits per heavy atom. The van der Waals surface area contributed by atoms with Crippen molar-refractivity contribution in [2.45, 2.75) is 25.4 Å². The number of carbonyl (C=O) groups is 1. The molecule has 1 saturated heterocycles. The average Bonchev–Trinajstić information content (AvgIpc) is 3.05. The Kier molecular flexibility index (Phi) is 4.03. The van der Waals surface area contributed by atoms with Gasteiger partial charge in [-0.2, -0.15) is 0 Å². The van der Waals surface area contributed by atoms with Gasteiger partial charge >= 0.3 is 0 Å². The number of carbonyl (C=O) groups excluding carboxylic acids is 1. The van der Waals surface area contributed by atoms with E-state index < -0.39 is 0 Å². The Bertz CT molecular complexity index is 752. The molecule has 126 valence electrons. The molecule has 2 aromatic rings. The molecule has 1 unspecified atom stereocenters. The number of rotatable bonds is 3. The quantitative estimate of drug-likeness (QED) is 0.889. The van der Waals surface area contributed by atoms with E-state index in [9.17, 15) is 4.79 Å². The summed E-state index contributed by atoms with van der Waals surface area (Å²) in [6, 6.07) is 3.71. The SMILES string of the molecule is Cc1nccc(-c2cc3c([nH]2)C(C[C@@H]2COCCO2)CNC3=O)n1. The number of hydrogen-bond donors (Lipinski definition) is 2. The monoisotopic (exact) mass is 328 g/mol. The maximum Gasteiger partial charge on any atom is 0.253 e. The van der Waals surface area contributed by atoms with Crippen LogP contribution in [-0.2, 0) is 9.47 Å². The van der Waals surface area contributed by atoms with Gasteiger partial charge in [-0.25, -0.2) is 9.97 Å². The predicted molar refractivity (Wildman–Crippen MR) is 86.8 cm³/mol. The fourth-order valence-corrected chi connectivity index (χ4v) is 3.33. The molecule has 0 aromatic carbocycles. The molecular formula is C17H20N4O3. The minimum atomic E-state index is -0.0460. The highest BCUT2D eigenvalue weighted by molar-refractivity contribution is 5.98. The maximum absolute atomic E-state index is 12.2. The Morgan fingerprint density at radius 3 is 3.08 bits per heavy atom. The van der Waals surface area contributed by atoms with Gasteiger partial charge in [-0.05, 0) is 25.5 Å². The first-order valence-corrected chi connectivity index (χ1v) is 8.21. The number of nitrogens with one attached hydrogen (secondary N) is 2. The lowest BCUT2D eigenvalue weighted by Crippen LogP contribution is -2.38. The van der Waals surface area contributed by atoms with Gasteiger partial charge in [-0.15, -0.1) is 0 Å². The summed E-state index contributed by atoms with van der Waals surface area (Å²) in [6.07, 6.45) is 2.61. The summed E-state index contributed by atoms with van der Waals surface area (Å²) in [5.41, 5.74) is 3.28. The molecule has 1 amide bonds. The van der Waals surface area contributed by atoms with E-state index in [4.69, 9.17) is 9.47 Å². The molecule has 0 aliphatic carbocycles. The normalized spacial score (nSPS) is 23.6.